The number of aromatic nitrogens is 5. The molecule has 0 spiro atoms. The molecule has 1 aliphatic heterocycles. The van der Waals surface area contributed by atoms with Crippen LogP contribution < -0.4 is 5.32 Å². The van der Waals surface area contributed by atoms with E-state index in [1.165, 1.54) is 0 Å². The first kappa shape index (κ1) is 17.8. The fourth-order valence-electron chi connectivity index (χ4n) is 3.31. The largest absolute Gasteiger partial charge is 0.381 e. The summed E-state index contributed by atoms with van der Waals surface area (Å²) in [5, 5.41) is 11.8. The van der Waals surface area contributed by atoms with Crippen LogP contribution in [-0.4, -0.2) is 51.8 Å². The maximum Gasteiger partial charge on any atom is 0.156 e. The van der Waals surface area contributed by atoms with E-state index < -0.39 is 0 Å². The molecule has 1 atom stereocenters. The van der Waals surface area contributed by atoms with E-state index in [2.05, 4.69) is 25.6 Å². The van der Waals surface area contributed by atoms with Gasteiger partial charge in [0.2, 0.25) is 0 Å². The van der Waals surface area contributed by atoms with Gasteiger partial charge >= 0.3 is 0 Å². The Morgan fingerprint density at radius 1 is 1.30 bits per heavy atom. The van der Waals surface area contributed by atoms with E-state index in [1.807, 2.05) is 35.0 Å². The molecule has 0 radical (unpaired) electrons. The SMILES string of the molecule is COCc1nc(NCCCn2nnc3ccccc32)cc(C2CCOC2)n1. The highest BCUT2D eigenvalue weighted by Gasteiger charge is 2.20. The third-order valence-corrected chi connectivity index (χ3v) is 4.69. The molecule has 3 heterocycles. The molecule has 1 aromatic carbocycles. The van der Waals surface area contributed by atoms with Crippen LogP contribution in [0.1, 0.15) is 30.3 Å². The maximum absolute atomic E-state index is 5.50. The van der Waals surface area contributed by atoms with Crippen molar-refractivity contribution in [2.45, 2.75) is 31.9 Å². The number of rotatable bonds is 8. The highest BCUT2D eigenvalue weighted by Crippen LogP contribution is 2.25. The van der Waals surface area contributed by atoms with Gasteiger partial charge < -0.3 is 14.8 Å². The van der Waals surface area contributed by atoms with E-state index in [4.69, 9.17) is 9.47 Å². The maximum atomic E-state index is 5.50. The van der Waals surface area contributed by atoms with Crippen LogP contribution in [0, 0.1) is 0 Å². The second kappa shape index (κ2) is 8.41. The van der Waals surface area contributed by atoms with Crippen molar-refractivity contribution in [2.24, 2.45) is 0 Å². The van der Waals surface area contributed by atoms with Crippen molar-refractivity contribution in [2.75, 3.05) is 32.2 Å². The van der Waals surface area contributed by atoms with Crippen molar-refractivity contribution >= 4 is 16.9 Å². The lowest BCUT2D eigenvalue weighted by Gasteiger charge is -2.13. The first-order chi connectivity index (χ1) is 13.3. The van der Waals surface area contributed by atoms with Crippen LogP contribution in [0.15, 0.2) is 30.3 Å². The lowest BCUT2D eigenvalue weighted by molar-refractivity contribution is 0.177. The highest BCUT2D eigenvalue weighted by molar-refractivity contribution is 5.73. The molecule has 27 heavy (non-hydrogen) atoms. The summed E-state index contributed by atoms with van der Waals surface area (Å²) >= 11 is 0. The standard InChI is InChI=1S/C19H24N6O2/c1-26-13-19-21-16(14-7-10-27-12-14)11-18(22-19)20-8-4-9-25-17-6-3-2-5-15(17)23-24-25/h2-3,5-6,11,14H,4,7-10,12-13H2,1H3,(H,20,21,22). The number of methoxy groups -OCH3 is 1. The van der Waals surface area contributed by atoms with Crippen molar-refractivity contribution in [3.05, 3.63) is 41.9 Å². The number of hydrogen-bond acceptors (Lipinski definition) is 7. The summed E-state index contributed by atoms with van der Waals surface area (Å²) in [5.74, 6) is 1.87. The lowest BCUT2D eigenvalue weighted by atomic mass is 10.0. The van der Waals surface area contributed by atoms with Gasteiger partial charge in [0.15, 0.2) is 5.82 Å². The van der Waals surface area contributed by atoms with Crippen molar-refractivity contribution in [1.82, 2.24) is 25.0 Å². The number of benzene rings is 1. The zero-order valence-electron chi connectivity index (χ0n) is 15.5. The van der Waals surface area contributed by atoms with Crippen LogP contribution >= 0.6 is 0 Å². The fourth-order valence-corrected chi connectivity index (χ4v) is 3.31. The molecule has 1 fully saturated rings. The Hall–Kier alpha value is -2.58. The van der Waals surface area contributed by atoms with E-state index >= 15 is 0 Å². The number of anilines is 1. The van der Waals surface area contributed by atoms with E-state index in [-0.39, 0.29) is 0 Å². The number of hydrogen-bond donors (Lipinski definition) is 1. The van der Waals surface area contributed by atoms with Gasteiger partial charge in [0.1, 0.15) is 17.9 Å². The number of nitrogens with zero attached hydrogens (tertiary/aromatic N) is 5. The van der Waals surface area contributed by atoms with Crippen molar-refractivity contribution in [1.29, 1.82) is 0 Å². The van der Waals surface area contributed by atoms with E-state index in [0.717, 1.165) is 61.7 Å². The van der Waals surface area contributed by atoms with Crippen LogP contribution in [0.25, 0.3) is 11.0 Å². The predicted molar refractivity (Wildman–Crippen MR) is 102 cm³/mol. The van der Waals surface area contributed by atoms with Crippen LogP contribution in [0.3, 0.4) is 0 Å². The Labute approximate surface area is 157 Å². The smallest absolute Gasteiger partial charge is 0.156 e. The average Bonchev–Trinajstić information content (AvgIpc) is 3.36. The molecule has 3 aromatic rings. The second-order valence-corrected chi connectivity index (χ2v) is 6.67. The van der Waals surface area contributed by atoms with E-state index in [9.17, 15) is 0 Å². The van der Waals surface area contributed by atoms with Gasteiger partial charge in [-0.3, -0.25) is 0 Å². The predicted octanol–water partition coefficient (Wildman–Crippen LogP) is 2.37. The van der Waals surface area contributed by atoms with Crippen LogP contribution in [0.2, 0.25) is 0 Å². The topological polar surface area (TPSA) is 87.0 Å². The zero-order valence-corrected chi connectivity index (χ0v) is 15.5. The molecule has 8 nitrogen and oxygen atoms in total. The Bertz CT molecular complexity index is 891. The van der Waals surface area contributed by atoms with E-state index in [0.29, 0.717) is 18.3 Å². The Morgan fingerprint density at radius 2 is 2.22 bits per heavy atom. The summed E-state index contributed by atoms with van der Waals surface area (Å²) in [4.78, 5) is 9.19. The molecule has 1 N–H and O–H groups in total. The summed E-state index contributed by atoms with van der Waals surface area (Å²) in [7, 11) is 1.66. The summed E-state index contributed by atoms with van der Waals surface area (Å²) in [6.45, 7) is 3.51. The third-order valence-electron chi connectivity index (χ3n) is 4.69. The molecule has 0 amide bonds. The molecule has 0 aliphatic carbocycles. The van der Waals surface area contributed by atoms with Gasteiger partial charge in [0.25, 0.3) is 0 Å². The molecule has 0 saturated carbocycles. The van der Waals surface area contributed by atoms with Crippen LogP contribution in [0.5, 0.6) is 0 Å². The molecular formula is C19H24N6O2. The first-order valence-electron chi connectivity index (χ1n) is 9.30. The number of nitrogens with one attached hydrogen (secondary N) is 1. The minimum absolute atomic E-state index is 0.339. The second-order valence-electron chi connectivity index (χ2n) is 6.67. The molecule has 8 heteroatoms. The van der Waals surface area contributed by atoms with Crippen molar-refractivity contribution < 1.29 is 9.47 Å². The van der Waals surface area contributed by atoms with Gasteiger partial charge in [0.05, 0.1) is 17.8 Å². The van der Waals surface area contributed by atoms with Crippen LogP contribution in [0.4, 0.5) is 5.82 Å². The van der Waals surface area contributed by atoms with Gasteiger partial charge in [-0.2, -0.15) is 0 Å². The summed E-state index contributed by atoms with van der Waals surface area (Å²) in [5.41, 5.74) is 3.01. The van der Waals surface area contributed by atoms with Crippen molar-refractivity contribution in [3.63, 3.8) is 0 Å². The number of para-hydroxylation sites is 1. The van der Waals surface area contributed by atoms with Gasteiger partial charge in [-0.15, -0.1) is 5.10 Å². The molecule has 1 saturated heterocycles. The molecule has 142 valence electrons. The quantitative estimate of drug-likeness (QED) is 0.611. The Kier molecular flexibility index (Phi) is 5.55. The molecule has 2 aromatic heterocycles. The Balaban J connectivity index is 1.38. The zero-order chi connectivity index (χ0) is 18.5. The summed E-state index contributed by atoms with van der Waals surface area (Å²) in [6.07, 6.45) is 1.92. The third kappa shape index (κ3) is 4.23. The van der Waals surface area contributed by atoms with Gasteiger partial charge in [-0.25, -0.2) is 14.6 Å². The number of fused-ring (bicyclic) bond motifs is 1. The highest BCUT2D eigenvalue weighted by atomic mass is 16.5. The summed E-state index contributed by atoms with van der Waals surface area (Å²) in [6, 6.07) is 10.0. The number of ether oxygens (including phenoxy) is 2. The van der Waals surface area contributed by atoms with Crippen molar-refractivity contribution in [3.8, 4) is 0 Å². The molecule has 0 bridgehead atoms. The Morgan fingerprint density at radius 3 is 3.07 bits per heavy atom. The normalized spacial score (nSPS) is 16.9. The number of aryl methyl sites for hydroxylation is 1. The summed E-state index contributed by atoms with van der Waals surface area (Å²) < 4.78 is 12.7. The van der Waals surface area contributed by atoms with Crippen LogP contribution in [-0.2, 0) is 22.6 Å². The fraction of sp³-hybridized carbons (Fsp3) is 0.474. The minimum atomic E-state index is 0.339. The molecule has 1 aliphatic rings. The van der Waals surface area contributed by atoms with E-state index in [1.54, 1.807) is 7.11 Å². The molecule has 4 rings (SSSR count). The average molecular weight is 368 g/mol. The monoisotopic (exact) mass is 368 g/mol. The van der Waals surface area contributed by atoms with Gasteiger partial charge in [-0.05, 0) is 25.0 Å². The molecule has 1 unspecified atom stereocenters. The molecular weight excluding hydrogens is 344 g/mol. The lowest BCUT2D eigenvalue weighted by Crippen LogP contribution is -2.12. The minimum Gasteiger partial charge on any atom is -0.381 e. The van der Waals surface area contributed by atoms with Gasteiger partial charge in [0, 0.05) is 38.8 Å². The first-order valence-corrected chi connectivity index (χ1v) is 9.30. The van der Waals surface area contributed by atoms with Gasteiger partial charge in [-0.1, -0.05) is 17.3 Å².